The van der Waals surface area contributed by atoms with Crippen molar-refractivity contribution in [1.29, 1.82) is 0 Å². The number of halogens is 2. The zero-order valence-electron chi connectivity index (χ0n) is 13.4. The quantitative estimate of drug-likeness (QED) is 0.835. The van der Waals surface area contributed by atoms with Crippen LogP contribution in [0, 0.1) is 29.1 Å². The first-order valence-electron chi connectivity index (χ1n) is 8.33. The van der Waals surface area contributed by atoms with Gasteiger partial charge in [-0.1, -0.05) is 13.8 Å². The molecular weight excluding hydrogens is 274 g/mol. The van der Waals surface area contributed by atoms with Gasteiger partial charge < -0.3 is 9.84 Å². The molecule has 0 aromatic heterocycles. The van der Waals surface area contributed by atoms with Crippen LogP contribution in [0.5, 0.6) is 0 Å². The van der Waals surface area contributed by atoms with Gasteiger partial charge in [-0.3, -0.25) is 0 Å². The predicted octanol–water partition coefficient (Wildman–Crippen LogP) is 3.87. The van der Waals surface area contributed by atoms with Crippen LogP contribution in [0.4, 0.5) is 8.78 Å². The van der Waals surface area contributed by atoms with Crippen LogP contribution >= 0.6 is 0 Å². The highest BCUT2D eigenvalue weighted by atomic mass is 19.3. The molecule has 4 fully saturated rings. The number of rotatable bonds is 5. The van der Waals surface area contributed by atoms with Crippen LogP contribution in [-0.2, 0) is 4.74 Å². The van der Waals surface area contributed by atoms with Crippen molar-refractivity contribution in [3.8, 4) is 0 Å². The molecule has 2 nitrogen and oxygen atoms in total. The van der Waals surface area contributed by atoms with E-state index in [1.807, 2.05) is 0 Å². The minimum absolute atomic E-state index is 0.0445. The maximum absolute atomic E-state index is 12.9. The van der Waals surface area contributed by atoms with Gasteiger partial charge in [0.25, 0.3) is 5.92 Å². The Morgan fingerprint density at radius 1 is 1.19 bits per heavy atom. The highest BCUT2D eigenvalue weighted by Gasteiger charge is 2.62. The molecule has 4 heteroatoms. The summed E-state index contributed by atoms with van der Waals surface area (Å²) in [6, 6.07) is 0. The molecule has 2 atom stereocenters. The Morgan fingerprint density at radius 3 is 2.24 bits per heavy atom. The SMILES string of the molecule is CC(C)C1(O)C2CC3CC1CC(COCC(C)(F)F)(C3)C2. The first-order chi connectivity index (χ1) is 9.65. The molecule has 4 aliphatic carbocycles. The van der Waals surface area contributed by atoms with Crippen molar-refractivity contribution in [1.82, 2.24) is 0 Å². The molecule has 0 heterocycles. The lowest BCUT2D eigenvalue weighted by Crippen LogP contribution is -2.64. The Kier molecular flexibility index (Phi) is 3.65. The summed E-state index contributed by atoms with van der Waals surface area (Å²) in [5, 5.41) is 11.2. The van der Waals surface area contributed by atoms with Gasteiger partial charge in [-0.15, -0.1) is 0 Å². The molecule has 122 valence electrons. The molecule has 4 aliphatic rings. The molecule has 2 unspecified atom stereocenters. The van der Waals surface area contributed by atoms with E-state index in [-0.39, 0.29) is 11.3 Å². The second kappa shape index (κ2) is 4.89. The minimum Gasteiger partial charge on any atom is -0.389 e. The van der Waals surface area contributed by atoms with Crippen LogP contribution in [-0.4, -0.2) is 29.8 Å². The van der Waals surface area contributed by atoms with Crippen molar-refractivity contribution in [3.05, 3.63) is 0 Å². The molecule has 0 amide bonds. The number of hydrogen-bond acceptors (Lipinski definition) is 2. The molecule has 0 aromatic carbocycles. The molecule has 4 bridgehead atoms. The Hall–Kier alpha value is -0.220. The number of aliphatic hydroxyl groups is 1. The van der Waals surface area contributed by atoms with E-state index in [1.54, 1.807) is 0 Å². The summed E-state index contributed by atoms with van der Waals surface area (Å²) in [7, 11) is 0. The largest absolute Gasteiger partial charge is 0.389 e. The van der Waals surface area contributed by atoms with Crippen molar-refractivity contribution < 1.29 is 18.6 Å². The van der Waals surface area contributed by atoms with Crippen molar-refractivity contribution in [2.75, 3.05) is 13.2 Å². The molecule has 4 rings (SSSR count). The van der Waals surface area contributed by atoms with E-state index in [1.165, 1.54) is 0 Å². The summed E-state index contributed by atoms with van der Waals surface area (Å²) in [6.07, 6.45) is 5.21. The van der Waals surface area contributed by atoms with Crippen LogP contribution in [0.15, 0.2) is 0 Å². The van der Waals surface area contributed by atoms with Gasteiger partial charge >= 0.3 is 0 Å². The van der Waals surface area contributed by atoms with Crippen molar-refractivity contribution in [2.24, 2.45) is 29.1 Å². The number of ether oxygens (including phenoxy) is 1. The molecule has 1 N–H and O–H groups in total. The monoisotopic (exact) mass is 302 g/mol. The van der Waals surface area contributed by atoms with Gasteiger partial charge in [0.15, 0.2) is 0 Å². The summed E-state index contributed by atoms with van der Waals surface area (Å²) >= 11 is 0. The van der Waals surface area contributed by atoms with Crippen molar-refractivity contribution in [3.63, 3.8) is 0 Å². The molecule has 21 heavy (non-hydrogen) atoms. The van der Waals surface area contributed by atoms with E-state index in [0.29, 0.717) is 24.4 Å². The summed E-state index contributed by atoms with van der Waals surface area (Å²) in [5.74, 6) is -1.16. The fourth-order valence-electron chi connectivity index (χ4n) is 5.75. The highest BCUT2D eigenvalue weighted by molar-refractivity contribution is 5.12. The average molecular weight is 302 g/mol. The lowest BCUT2D eigenvalue weighted by molar-refractivity contribution is -0.233. The molecule has 0 radical (unpaired) electrons. The van der Waals surface area contributed by atoms with Crippen LogP contribution in [0.3, 0.4) is 0 Å². The Labute approximate surface area is 126 Å². The van der Waals surface area contributed by atoms with E-state index in [0.717, 1.165) is 39.0 Å². The summed E-state index contributed by atoms with van der Waals surface area (Å²) < 4.78 is 31.3. The maximum Gasteiger partial charge on any atom is 0.268 e. The molecular formula is C17H28F2O2. The lowest BCUT2D eigenvalue weighted by Gasteiger charge is -2.64. The van der Waals surface area contributed by atoms with Gasteiger partial charge in [0.2, 0.25) is 0 Å². The van der Waals surface area contributed by atoms with E-state index >= 15 is 0 Å². The van der Waals surface area contributed by atoms with Crippen LogP contribution < -0.4 is 0 Å². The third kappa shape index (κ3) is 2.63. The molecule has 0 aromatic rings. The van der Waals surface area contributed by atoms with Gasteiger partial charge in [0.05, 0.1) is 12.2 Å². The summed E-state index contributed by atoms with van der Waals surface area (Å²) in [6.45, 7) is 5.09. The van der Waals surface area contributed by atoms with Gasteiger partial charge in [0.1, 0.15) is 6.61 Å². The second-order valence-electron chi connectivity index (χ2n) is 8.45. The van der Waals surface area contributed by atoms with E-state index in [4.69, 9.17) is 4.74 Å². The van der Waals surface area contributed by atoms with Gasteiger partial charge in [-0.2, -0.15) is 0 Å². The minimum atomic E-state index is -2.75. The smallest absolute Gasteiger partial charge is 0.268 e. The van der Waals surface area contributed by atoms with Crippen molar-refractivity contribution >= 4 is 0 Å². The highest BCUT2D eigenvalue weighted by Crippen LogP contribution is 2.65. The van der Waals surface area contributed by atoms with Crippen LogP contribution in [0.1, 0.15) is 52.9 Å². The van der Waals surface area contributed by atoms with Gasteiger partial charge in [0, 0.05) is 6.92 Å². The Morgan fingerprint density at radius 2 is 1.76 bits per heavy atom. The first-order valence-corrected chi connectivity index (χ1v) is 8.33. The molecule has 0 spiro atoms. The Bertz CT molecular complexity index is 386. The zero-order valence-corrected chi connectivity index (χ0v) is 13.4. The standard InChI is InChI=1S/C17H28F2O2/c1-11(2)17(20)13-4-12-5-14(17)8-16(6-12,7-13)10-21-9-15(3,18)19/h11-14,20H,4-10H2,1-3H3. The van der Waals surface area contributed by atoms with Crippen LogP contribution in [0.25, 0.3) is 0 Å². The average Bonchev–Trinajstić information content (AvgIpc) is 2.32. The zero-order chi connectivity index (χ0) is 15.5. The fraction of sp³-hybridized carbons (Fsp3) is 1.00. The van der Waals surface area contributed by atoms with E-state index in [9.17, 15) is 13.9 Å². The second-order valence-corrected chi connectivity index (χ2v) is 8.45. The number of hydrogen-bond donors (Lipinski definition) is 1. The molecule has 0 saturated heterocycles. The first kappa shape index (κ1) is 15.7. The normalized spacial score (nSPS) is 45.6. The summed E-state index contributed by atoms with van der Waals surface area (Å²) in [5.41, 5.74) is -0.502. The predicted molar refractivity (Wildman–Crippen MR) is 77.2 cm³/mol. The lowest BCUT2D eigenvalue weighted by atomic mass is 9.43. The maximum atomic E-state index is 12.9. The third-order valence-corrected chi connectivity index (χ3v) is 6.31. The van der Waals surface area contributed by atoms with E-state index < -0.39 is 18.1 Å². The van der Waals surface area contributed by atoms with Gasteiger partial charge in [-0.05, 0) is 61.2 Å². The molecule has 4 saturated carbocycles. The van der Waals surface area contributed by atoms with Crippen molar-refractivity contribution in [2.45, 2.75) is 64.4 Å². The van der Waals surface area contributed by atoms with E-state index in [2.05, 4.69) is 13.8 Å². The topological polar surface area (TPSA) is 29.5 Å². The molecule has 0 aliphatic heterocycles. The van der Waals surface area contributed by atoms with Crippen LogP contribution in [0.2, 0.25) is 0 Å². The summed E-state index contributed by atoms with van der Waals surface area (Å²) in [4.78, 5) is 0. The number of alkyl halides is 2. The fourth-order valence-corrected chi connectivity index (χ4v) is 5.75. The van der Waals surface area contributed by atoms with Gasteiger partial charge in [-0.25, -0.2) is 8.78 Å². The third-order valence-electron chi connectivity index (χ3n) is 6.31. The Balaban J connectivity index is 1.71.